The number of nitrogens with zero attached hydrogens (tertiary/aromatic N) is 5. The highest BCUT2D eigenvalue weighted by molar-refractivity contribution is 5.90. The molecule has 0 saturated heterocycles. The van der Waals surface area contributed by atoms with Crippen LogP contribution in [0.25, 0.3) is 16.7 Å². The van der Waals surface area contributed by atoms with E-state index in [1.807, 2.05) is 41.0 Å². The molecule has 1 aliphatic rings. The fourth-order valence-corrected chi connectivity index (χ4v) is 4.19. The van der Waals surface area contributed by atoms with Crippen LogP contribution in [0.3, 0.4) is 0 Å². The molecule has 32 heavy (non-hydrogen) atoms. The number of oxime groups is 1. The lowest BCUT2D eigenvalue weighted by Gasteiger charge is -2.26. The Kier molecular flexibility index (Phi) is 5.20. The Bertz CT molecular complexity index is 1300. The van der Waals surface area contributed by atoms with E-state index in [-0.39, 0.29) is 0 Å². The van der Waals surface area contributed by atoms with Crippen LogP contribution in [-0.2, 0) is 13.0 Å². The predicted octanol–water partition coefficient (Wildman–Crippen LogP) is 3.97. The number of para-hydroxylation sites is 1. The third-order valence-corrected chi connectivity index (χ3v) is 5.75. The summed E-state index contributed by atoms with van der Waals surface area (Å²) in [5, 5.41) is 16.5. The normalized spacial score (nSPS) is 14.1. The molecular weight excluding hydrogens is 404 g/mol. The first-order valence-electron chi connectivity index (χ1n) is 10.4. The molecule has 1 aliphatic heterocycles. The summed E-state index contributed by atoms with van der Waals surface area (Å²) in [6, 6.07) is 15.9. The number of anilines is 2. The van der Waals surface area contributed by atoms with Crippen LogP contribution in [0.5, 0.6) is 5.75 Å². The molecule has 5 rings (SSSR count). The first kappa shape index (κ1) is 20.0. The van der Waals surface area contributed by atoms with Gasteiger partial charge in [0.05, 0.1) is 24.7 Å². The molecule has 0 radical (unpaired) electrons. The molecule has 162 valence electrons. The molecular formula is C24H24N6O2. The van der Waals surface area contributed by atoms with Crippen LogP contribution in [0.1, 0.15) is 16.8 Å². The smallest absolute Gasteiger partial charge is 0.229 e. The van der Waals surface area contributed by atoms with Gasteiger partial charge in [0, 0.05) is 30.4 Å². The minimum absolute atomic E-state index is 0.461. The molecule has 2 aromatic heterocycles. The molecule has 0 aliphatic carbocycles. The second-order valence-electron chi connectivity index (χ2n) is 7.89. The Hall–Kier alpha value is -3.91. The standard InChI is InChI=1S/C24H24N6O2/c1-29-9-8-16-12-22(32-2)21(11-18(16)15-29)27-24-25-13-17-10-20(14-26-31)30(23(17)28-24)19-6-4-3-5-7-19/h3-7,10-14,31H,8-9,15H2,1-2H3,(H,25,27,28). The van der Waals surface area contributed by atoms with E-state index in [1.165, 1.54) is 17.3 Å². The minimum Gasteiger partial charge on any atom is -0.495 e. The molecule has 2 aromatic carbocycles. The first-order valence-corrected chi connectivity index (χ1v) is 10.4. The Morgan fingerprint density at radius 2 is 2.00 bits per heavy atom. The summed E-state index contributed by atoms with van der Waals surface area (Å²) >= 11 is 0. The van der Waals surface area contributed by atoms with Crippen LogP contribution in [0.2, 0.25) is 0 Å². The monoisotopic (exact) mass is 428 g/mol. The lowest BCUT2D eigenvalue weighted by Crippen LogP contribution is -2.26. The number of benzene rings is 2. The molecule has 8 nitrogen and oxygen atoms in total. The molecule has 8 heteroatoms. The summed E-state index contributed by atoms with van der Waals surface area (Å²) in [5.41, 5.74) is 5.74. The average Bonchev–Trinajstić information content (AvgIpc) is 3.16. The number of rotatable bonds is 5. The Morgan fingerprint density at radius 1 is 1.16 bits per heavy atom. The summed E-state index contributed by atoms with van der Waals surface area (Å²) in [5.74, 6) is 1.23. The number of hydrogen-bond acceptors (Lipinski definition) is 7. The van der Waals surface area contributed by atoms with Crippen LogP contribution in [0.4, 0.5) is 11.6 Å². The molecule has 0 fully saturated rings. The summed E-state index contributed by atoms with van der Waals surface area (Å²) in [7, 11) is 3.80. The van der Waals surface area contributed by atoms with E-state index < -0.39 is 0 Å². The van der Waals surface area contributed by atoms with Crippen molar-refractivity contribution in [3.63, 3.8) is 0 Å². The highest BCUT2D eigenvalue weighted by Gasteiger charge is 2.18. The Labute approximate surface area is 185 Å². The van der Waals surface area contributed by atoms with E-state index >= 15 is 0 Å². The molecule has 2 N–H and O–H groups in total. The van der Waals surface area contributed by atoms with Gasteiger partial charge in [0.25, 0.3) is 0 Å². The van der Waals surface area contributed by atoms with Gasteiger partial charge in [-0.1, -0.05) is 23.4 Å². The zero-order valence-corrected chi connectivity index (χ0v) is 18.0. The largest absolute Gasteiger partial charge is 0.495 e. The summed E-state index contributed by atoms with van der Waals surface area (Å²) < 4.78 is 7.58. The molecule has 0 spiro atoms. The highest BCUT2D eigenvalue weighted by Crippen LogP contribution is 2.33. The van der Waals surface area contributed by atoms with Crippen molar-refractivity contribution in [3.8, 4) is 11.4 Å². The van der Waals surface area contributed by atoms with Crippen molar-refractivity contribution in [1.82, 2.24) is 19.4 Å². The van der Waals surface area contributed by atoms with Crippen LogP contribution >= 0.6 is 0 Å². The molecule has 3 heterocycles. The second kappa shape index (κ2) is 8.32. The number of aromatic nitrogens is 3. The molecule has 0 atom stereocenters. The zero-order chi connectivity index (χ0) is 22.1. The predicted molar refractivity (Wildman–Crippen MR) is 125 cm³/mol. The maximum atomic E-state index is 9.13. The van der Waals surface area contributed by atoms with Crippen molar-refractivity contribution in [2.45, 2.75) is 13.0 Å². The van der Waals surface area contributed by atoms with Gasteiger partial charge < -0.3 is 20.2 Å². The Balaban J connectivity index is 1.58. The van der Waals surface area contributed by atoms with Gasteiger partial charge in [-0.15, -0.1) is 0 Å². The molecule has 4 aromatic rings. The van der Waals surface area contributed by atoms with Crippen LogP contribution in [0, 0.1) is 0 Å². The van der Waals surface area contributed by atoms with Gasteiger partial charge >= 0.3 is 0 Å². The quantitative estimate of drug-likeness (QED) is 0.284. The number of ether oxygens (including phenoxy) is 1. The van der Waals surface area contributed by atoms with Crippen molar-refractivity contribution in [2.24, 2.45) is 5.16 Å². The lowest BCUT2D eigenvalue weighted by molar-refractivity contribution is 0.312. The number of methoxy groups -OCH3 is 1. The summed E-state index contributed by atoms with van der Waals surface area (Å²) in [6.07, 6.45) is 4.16. The van der Waals surface area contributed by atoms with Gasteiger partial charge in [-0.2, -0.15) is 4.98 Å². The fourth-order valence-electron chi connectivity index (χ4n) is 4.19. The number of hydrogen-bond donors (Lipinski definition) is 2. The SMILES string of the molecule is COc1cc2c(cc1Nc1ncc3cc(C=NO)n(-c4ccccc4)c3n1)CN(C)CC2. The van der Waals surface area contributed by atoms with E-state index in [0.29, 0.717) is 17.3 Å². The number of nitrogens with one attached hydrogen (secondary N) is 1. The third-order valence-electron chi connectivity index (χ3n) is 5.75. The van der Waals surface area contributed by atoms with E-state index in [9.17, 15) is 0 Å². The van der Waals surface area contributed by atoms with Crippen LogP contribution in [-0.4, -0.2) is 51.6 Å². The Morgan fingerprint density at radius 3 is 2.78 bits per heavy atom. The lowest BCUT2D eigenvalue weighted by atomic mass is 9.99. The summed E-state index contributed by atoms with van der Waals surface area (Å²) in [6.45, 7) is 1.94. The summed E-state index contributed by atoms with van der Waals surface area (Å²) in [4.78, 5) is 11.6. The van der Waals surface area contributed by atoms with Crippen molar-refractivity contribution in [2.75, 3.05) is 26.0 Å². The average molecular weight is 428 g/mol. The zero-order valence-electron chi connectivity index (χ0n) is 18.0. The molecule has 0 amide bonds. The maximum Gasteiger partial charge on any atom is 0.229 e. The first-order chi connectivity index (χ1) is 15.7. The van der Waals surface area contributed by atoms with E-state index in [1.54, 1.807) is 13.3 Å². The fraction of sp³-hybridized carbons (Fsp3) is 0.208. The van der Waals surface area contributed by atoms with Gasteiger partial charge in [0.1, 0.15) is 5.75 Å². The van der Waals surface area contributed by atoms with E-state index in [4.69, 9.17) is 14.9 Å². The highest BCUT2D eigenvalue weighted by atomic mass is 16.5. The van der Waals surface area contributed by atoms with Crippen molar-refractivity contribution in [1.29, 1.82) is 0 Å². The number of fused-ring (bicyclic) bond motifs is 2. The van der Waals surface area contributed by atoms with Gasteiger partial charge in [-0.25, -0.2) is 4.98 Å². The van der Waals surface area contributed by atoms with E-state index in [2.05, 4.69) is 39.5 Å². The second-order valence-corrected chi connectivity index (χ2v) is 7.89. The van der Waals surface area contributed by atoms with Gasteiger partial charge in [-0.3, -0.25) is 4.57 Å². The van der Waals surface area contributed by atoms with Crippen molar-refractivity contribution >= 4 is 28.9 Å². The van der Waals surface area contributed by atoms with Crippen LogP contribution in [0.15, 0.2) is 59.9 Å². The molecule has 0 unspecified atom stereocenters. The molecule has 0 bridgehead atoms. The molecule has 0 saturated carbocycles. The van der Waals surface area contributed by atoms with Gasteiger partial charge in [0.15, 0.2) is 5.65 Å². The minimum atomic E-state index is 0.461. The maximum absolute atomic E-state index is 9.13. The van der Waals surface area contributed by atoms with Crippen molar-refractivity contribution < 1.29 is 9.94 Å². The van der Waals surface area contributed by atoms with Crippen molar-refractivity contribution in [3.05, 3.63) is 71.5 Å². The number of likely N-dealkylation sites (N-methyl/N-ethyl adjacent to an activating group) is 1. The van der Waals surface area contributed by atoms with Gasteiger partial charge in [0.2, 0.25) is 5.95 Å². The van der Waals surface area contributed by atoms with Gasteiger partial charge in [-0.05, 0) is 54.9 Å². The van der Waals surface area contributed by atoms with Crippen LogP contribution < -0.4 is 10.1 Å². The van der Waals surface area contributed by atoms with E-state index in [0.717, 1.165) is 42.0 Å². The third kappa shape index (κ3) is 3.65. The topological polar surface area (TPSA) is 87.8 Å².